The van der Waals surface area contributed by atoms with Gasteiger partial charge >= 0.3 is 0 Å². The Labute approximate surface area is 169 Å². The summed E-state index contributed by atoms with van der Waals surface area (Å²) in [6.45, 7) is 0.908. The lowest BCUT2D eigenvalue weighted by Gasteiger charge is -2.13. The Morgan fingerprint density at radius 1 is 1.03 bits per heavy atom. The van der Waals surface area contributed by atoms with Crippen LogP contribution < -0.4 is 20.5 Å². The van der Waals surface area contributed by atoms with E-state index in [4.69, 9.17) is 4.74 Å². The Morgan fingerprint density at radius 2 is 1.76 bits per heavy atom. The number of aromatic nitrogens is 2. The summed E-state index contributed by atoms with van der Waals surface area (Å²) >= 11 is 0. The molecule has 2 aromatic carbocycles. The third kappa shape index (κ3) is 5.68. The lowest BCUT2D eigenvalue weighted by molar-refractivity contribution is 0.0943. The molecule has 0 aliphatic heterocycles. The highest BCUT2D eigenvalue weighted by atomic mass is 16.5. The molecule has 1 amide bonds. The average molecular weight is 392 g/mol. The van der Waals surface area contributed by atoms with E-state index >= 15 is 0 Å². The third-order valence-corrected chi connectivity index (χ3v) is 4.32. The van der Waals surface area contributed by atoms with E-state index in [1.807, 2.05) is 73.6 Å². The minimum absolute atomic E-state index is 0.189. The van der Waals surface area contributed by atoms with Crippen molar-refractivity contribution in [2.75, 3.05) is 25.6 Å². The van der Waals surface area contributed by atoms with Gasteiger partial charge < -0.3 is 15.0 Å². The highest BCUT2D eigenvalue weighted by Gasteiger charge is 2.10. The number of hydrogen-bond acceptors (Lipinski definition) is 5. The fourth-order valence-electron chi connectivity index (χ4n) is 2.68. The number of para-hydroxylation sites is 1. The molecule has 3 rings (SSSR count). The van der Waals surface area contributed by atoms with Crippen LogP contribution >= 0.6 is 0 Å². The molecule has 0 aliphatic carbocycles. The predicted octanol–water partition coefficient (Wildman–Crippen LogP) is 2.32. The quantitative estimate of drug-likeness (QED) is 0.637. The van der Waals surface area contributed by atoms with Crippen LogP contribution in [0.5, 0.6) is 5.75 Å². The second kappa shape index (κ2) is 9.54. The van der Waals surface area contributed by atoms with E-state index in [0.29, 0.717) is 6.54 Å². The standard InChI is InChI=1S/C22H24N4O3/c1-25(2)18-10-8-17(9-11-18)16-23-22(28)20-12-13-21(27)26(24-20)14-15-29-19-6-4-3-5-7-19/h3-13H,14-16H2,1-2H3,(H,23,28). The Hall–Kier alpha value is -3.61. The van der Waals surface area contributed by atoms with Crippen LogP contribution in [-0.4, -0.2) is 36.4 Å². The summed E-state index contributed by atoms with van der Waals surface area (Å²) in [5, 5.41) is 6.99. The van der Waals surface area contributed by atoms with Crippen molar-refractivity contribution in [2.24, 2.45) is 0 Å². The number of nitrogens with zero attached hydrogens (tertiary/aromatic N) is 3. The summed E-state index contributed by atoms with van der Waals surface area (Å²) in [5.74, 6) is 0.383. The molecule has 7 nitrogen and oxygen atoms in total. The number of nitrogens with one attached hydrogen (secondary N) is 1. The molecule has 7 heteroatoms. The molecular weight excluding hydrogens is 368 g/mol. The van der Waals surface area contributed by atoms with Crippen molar-refractivity contribution in [3.05, 3.63) is 88.3 Å². The normalized spacial score (nSPS) is 10.4. The molecule has 0 spiro atoms. The molecule has 0 saturated carbocycles. The minimum atomic E-state index is -0.334. The Balaban J connectivity index is 1.57. The molecule has 0 atom stereocenters. The summed E-state index contributed by atoms with van der Waals surface area (Å²) in [6.07, 6.45) is 0. The number of amides is 1. The maximum atomic E-state index is 12.4. The van der Waals surface area contributed by atoms with Crippen LogP contribution in [0.3, 0.4) is 0 Å². The maximum absolute atomic E-state index is 12.4. The molecular formula is C22H24N4O3. The average Bonchev–Trinajstić information content (AvgIpc) is 2.74. The maximum Gasteiger partial charge on any atom is 0.271 e. The van der Waals surface area contributed by atoms with Crippen molar-refractivity contribution in [3.63, 3.8) is 0 Å². The molecule has 1 aromatic heterocycles. The molecule has 0 saturated heterocycles. The van der Waals surface area contributed by atoms with Gasteiger partial charge in [0.2, 0.25) is 0 Å². The molecule has 3 aromatic rings. The molecule has 0 fully saturated rings. The zero-order valence-corrected chi connectivity index (χ0v) is 16.5. The van der Waals surface area contributed by atoms with E-state index in [1.165, 1.54) is 16.8 Å². The second-order valence-corrected chi connectivity index (χ2v) is 6.69. The van der Waals surface area contributed by atoms with Gasteiger partial charge in [-0.3, -0.25) is 9.59 Å². The summed E-state index contributed by atoms with van der Waals surface area (Å²) in [6, 6.07) is 20.0. The third-order valence-electron chi connectivity index (χ3n) is 4.32. The van der Waals surface area contributed by atoms with Gasteiger partial charge in [0.15, 0.2) is 0 Å². The van der Waals surface area contributed by atoms with Crippen molar-refractivity contribution in [1.29, 1.82) is 0 Å². The van der Waals surface area contributed by atoms with E-state index in [1.54, 1.807) is 0 Å². The highest BCUT2D eigenvalue weighted by molar-refractivity contribution is 5.91. The Kier molecular flexibility index (Phi) is 6.63. The van der Waals surface area contributed by atoms with Gasteiger partial charge in [-0.2, -0.15) is 5.10 Å². The van der Waals surface area contributed by atoms with Gasteiger partial charge in [0.25, 0.3) is 11.5 Å². The monoisotopic (exact) mass is 392 g/mol. The highest BCUT2D eigenvalue weighted by Crippen LogP contribution is 2.12. The molecule has 0 radical (unpaired) electrons. The van der Waals surface area contributed by atoms with Crippen LogP contribution in [0.1, 0.15) is 16.1 Å². The Morgan fingerprint density at radius 3 is 2.45 bits per heavy atom. The molecule has 1 N–H and O–H groups in total. The van der Waals surface area contributed by atoms with Gasteiger partial charge in [-0.05, 0) is 35.9 Å². The van der Waals surface area contributed by atoms with Gasteiger partial charge in [-0.1, -0.05) is 30.3 Å². The van der Waals surface area contributed by atoms with Crippen LogP contribution in [0, 0.1) is 0 Å². The smallest absolute Gasteiger partial charge is 0.271 e. The van der Waals surface area contributed by atoms with Crippen molar-refractivity contribution in [3.8, 4) is 5.75 Å². The zero-order chi connectivity index (χ0) is 20.6. The topological polar surface area (TPSA) is 76.5 Å². The van der Waals surface area contributed by atoms with Crippen LogP contribution in [0.15, 0.2) is 71.5 Å². The SMILES string of the molecule is CN(C)c1ccc(CNC(=O)c2ccc(=O)n(CCOc3ccccc3)n2)cc1. The van der Waals surface area contributed by atoms with Crippen molar-refractivity contribution < 1.29 is 9.53 Å². The summed E-state index contributed by atoms with van der Waals surface area (Å²) in [4.78, 5) is 26.4. The molecule has 0 unspecified atom stereocenters. The summed E-state index contributed by atoms with van der Waals surface area (Å²) in [7, 11) is 3.95. The summed E-state index contributed by atoms with van der Waals surface area (Å²) < 4.78 is 6.83. The lowest BCUT2D eigenvalue weighted by atomic mass is 10.2. The minimum Gasteiger partial charge on any atom is -0.492 e. The second-order valence-electron chi connectivity index (χ2n) is 6.69. The van der Waals surface area contributed by atoms with Crippen molar-refractivity contribution in [2.45, 2.75) is 13.1 Å². The number of carbonyl (C=O) groups is 1. The molecule has 29 heavy (non-hydrogen) atoms. The molecule has 150 valence electrons. The van der Waals surface area contributed by atoms with E-state index < -0.39 is 0 Å². The van der Waals surface area contributed by atoms with E-state index in [9.17, 15) is 9.59 Å². The van der Waals surface area contributed by atoms with Gasteiger partial charge in [-0.25, -0.2) is 4.68 Å². The van der Waals surface area contributed by atoms with Gasteiger partial charge in [0.1, 0.15) is 18.1 Å². The van der Waals surface area contributed by atoms with Crippen LogP contribution in [0.2, 0.25) is 0 Å². The van der Waals surface area contributed by atoms with Crippen molar-refractivity contribution >= 4 is 11.6 Å². The van der Waals surface area contributed by atoms with Gasteiger partial charge in [0.05, 0.1) is 6.54 Å². The number of anilines is 1. The van der Waals surface area contributed by atoms with Gasteiger partial charge in [-0.15, -0.1) is 0 Å². The number of ether oxygens (including phenoxy) is 1. The molecule has 0 aliphatic rings. The molecule has 1 heterocycles. The predicted molar refractivity (Wildman–Crippen MR) is 112 cm³/mol. The fourth-order valence-corrected chi connectivity index (χ4v) is 2.68. The van der Waals surface area contributed by atoms with E-state index in [-0.39, 0.29) is 30.3 Å². The largest absolute Gasteiger partial charge is 0.492 e. The van der Waals surface area contributed by atoms with Crippen LogP contribution in [0.25, 0.3) is 0 Å². The first-order valence-corrected chi connectivity index (χ1v) is 9.33. The first-order chi connectivity index (χ1) is 14.0. The Bertz CT molecular complexity index is 999. The number of carbonyl (C=O) groups excluding carboxylic acids is 1. The van der Waals surface area contributed by atoms with E-state index in [2.05, 4.69) is 10.4 Å². The van der Waals surface area contributed by atoms with Crippen molar-refractivity contribution in [1.82, 2.24) is 15.1 Å². The number of benzene rings is 2. The lowest BCUT2D eigenvalue weighted by Crippen LogP contribution is -2.30. The molecule has 0 bridgehead atoms. The zero-order valence-electron chi connectivity index (χ0n) is 16.5. The fraction of sp³-hybridized carbons (Fsp3) is 0.227. The van der Waals surface area contributed by atoms with Crippen LogP contribution in [0.4, 0.5) is 5.69 Å². The first kappa shape index (κ1) is 20.1. The van der Waals surface area contributed by atoms with E-state index in [0.717, 1.165) is 17.0 Å². The summed E-state index contributed by atoms with van der Waals surface area (Å²) in [5.41, 5.74) is 1.98. The van der Waals surface area contributed by atoms with Gasteiger partial charge in [0, 0.05) is 32.4 Å². The first-order valence-electron chi connectivity index (χ1n) is 9.33. The number of hydrogen-bond donors (Lipinski definition) is 1. The number of rotatable bonds is 8. The van der Waals surface area contributed by atoms with Crippen LogP contribution in [-0.2, 0) is 13.1 Å².